The van der Waals surface area contributed by atoms with Gasteiger partial charge in [-0.3, -0.25) is 4.98 Å². The monoisotopic (exact) mass is 317 g/mol. The molecule has 2 aromatic carbocycles. The molecule has 0 saturated heterocycles. The predicted octanol–water partition coefficient (Wildman–Crippen LogP) is 4.82. The summed E-state index contributed by atoms with van der Waals surface area (Å²) in [5.74, 6) is 0. The largest absolute Gasteiger partial charge is 0.388 e. The van der Waals surface area contributed by atoms with Crippen molar-refractivity contribution < 1.29 is 5.11 Å². The number of rotatable bonds is 3. The summed E-state index contributed by atoms with van der Waals surface area (Å²) >= 11 is 12.1. The van der Waals surface area contributed by atoms with Crippen molar-refractivity contribution >= 4 is 34.1 Å². The van der Waals surface area contributed by atoms with Crippen LogP contribution in [0.1, 0.15) is 17.2 Å². The van der Waals surface area contributed by atoms with Crippen LogP contribution >= 0.6 is 23.2 Å². The average molecular weight is 318 g/mol. The van der Waals surface area contributed by atoms with E-state index in [-0.39, 0.29) is 0 Å². The van der Waals surface area contributed by atoms with Crippen LogP contribution in [0, 0.1) is 0 Å². The molecule has 1 aromatic heterocycles. The van der Waals surface area contributed by atoms with Crippen molar-refractivity contribution in [3.63, 3.8) is 0 Å². The zero-order valence-corrected chi connectivity index (χ0v) is 12.6. The highest BCUT2D eigenvalue weighted by atomic mass is 35.5. The van der Waals surface area contributed by atoms with Gasteiger partial charge in [-0.2, -0.15) is 0 Å². The molecule has 1 atom stereocenters. The van der Waals surface area contributed by atoms with Gasteiger partial charge in [0.1, 0.15) is 0 Å². The Morgan fingerprint density at radius 1 is 1.05 bits per heavy atom. The second-order valence-corrected chi connectivity index (χ2v) is 5.72. The zero-order chi connectivity index (χ0) is 14.8. The Hall–Kier alpha value is -1.61. The Morgan fingerprint density at radius 3 is 2.67 bits per heavy atom. The standard InChI is InChI=1S/C17H13Cl2NO/c18-12-6-5-11(15(19)10-12)9-17(21)14-7-8-20-16-4-2-1-3-13(14)16/h1-8,10,17,21H,9H2. The zero-order valence-electron chi connectivity index (χ0n) is 11.1. The lowest BCUT2D eigenvalue weighted by molar-refractivity contribution is 0.180. The Morgan fingerprint density at radius 2 is 1.86 bits per heavy atom. The fourth-order valence-electron chi connectivity index (χ4n) is 2.41. The van der Waals surface area contributed by atoms with Crippen LogP contribution in [0.4, 0.5) is 0 Å². The summed E-state index contributed by atoms with van der Waals surface area (Å²) in [6.45, 7) is 0. The molecule has 106 valence electrons. The number of pyridine rings is 1. The van der Waals surface area contributed by atoms with E-state index in [9.17, 15) is 5.11 Å². The maximum absolute atomic E-state index is 10.5. The molecule has 2 nitrogen and oxygen atoms in total. The van der Waals surface area contributed by atoms with E-state index in [1.807, 2.05) is 36.4 Å². The maximum Gasteiger partial charge on any atom is 0.0838 e. The van der Waals surface area contributed by atoms with Gasteiger partial charge in [0.25, 0.3) is 0 Å². The van der Waals surface area contributed by atoms with Gasteiger partial charge >= 0.3 is 0 Å². The molecule has 0 radical (unpaired) electrons. The predicted molar refractivity (Wildman–Crippen MR) is 86.9 cm³/mol. The molecule has 1 unspecified atom stereocenters. The van der Waals surface area contributed by atoms with Crippen LogP contribution in [-0.4, -0.2) is 10.1 Å². The second-order valence-electron chi connectivity index (χ2n) is 4.87. The number of fused-ring (bicyclic) bond motifs is 1. The quantitative estimate of drug-likeness (QED) is 0.751. The summed E-state index contributed by atoms with van der Waals surface area (Å²) < 4.78 is 0. The lowest BCUT2D eigenvalue weighted by Gasteiger charge is -2.14. The van der Waals surface area contributed by atoms with Crippen molar-refractivity contribution in [2.75, 3.05) is 0 Å². The molecule has 0 spiro atoms. The van der Waals surface area contributed by atoms with Crippen molar-refractivity contribution in [1.29, 1.82) is 0 Å². The first-order chi connectivity index (χ1) is 10.1. The van der Waals surface area contributed by atoms with E-state index in [0.717, 1.165) is 22.0 Å². The number of aliphatic hydroxyl groups excluding tert-OH is 1. The van der Waals surface area contributed by atoms with Gasteiger partial charge in [0.15, 0.2) is 0 Å². The molecule has 3 aromatic rings. The highest BCUT2D eigenvalue weighted by Gasteiger charge is 2.14. The van der Waals surface area contributed by atoms with E-state index in [1.165, 1.54) is 0 Å². The smallest absolute Gasteiger partial charge is 0.0838 e. The van der Waals surface area contributed by atoms with Crippen molar-refractivity contribution in [2.45, 2.75) is 12.5 Å². The fourth-order valence-corrected chi connectivity index (χ4v) is 2.90. The summed E-state index contributed by atoms with van der Waals surface area (Å²) in [5.41, 5.74) is 2.59. The number of hydrogen-bond donors (Lipinski definition) is 1. The van der Waals surface area contributed by atoms with Crippen molar-refractivity contribution in [3.05, 3.63) is 75.9 Å². The van der Waals surface area contributed by atoms with Gasteiger partial charge in [-0.1, -0.05) is 47.5 Å². The number of aliphatic hydroxyl groups is 1. The van der Waals surface area contributed by atoms with Gasteiger partial charge in [-0.05, 0) is 35.4 Å². The number of hydrogen-bond acceptors (Lipinski definition) is 2. The molecule has 0 aliphatic carbocycles. The molecule has 0 aliphatic heterocycles. The van der Waals surface area contributed by atoms with Crippen LogP contribution in [0.5, 0.6) is 0 Å². The molecular formula is C17H13Cl2NO. The highest BCUT2D eigenvalue weighted by molar-refractivity contribution is 6.35. The first kappa shape index (κ1) is 14.3. The average Bonchev–Trinajstić information content (AvgIpc) is 2.49. The minimum atomic E-state index is -0.642. The molecule has 1 heterocycles. The Kier molecular flexibility index (Phi) is 4.11. The third-order valence-electron chi connectivity index (χ3n) is 3.47. The van der Waals surface area contributed by atoms with Crippen molar-refractivity contribution in [1.82, 2.24) is 4.98 Å². The Balaban J connectivity index is 1.95. The van der Waals surface area contributed by atoms with Gasteiger partial charge < -0.3 is 5.11 Å². The van der Waals surface area contributed by atoms with E-state index in [2.05, 4.69) is 4.98 Å². The lowest BCUT2D eigenvalue weighted by Crippen LogP contribution is -2.03. The van der Waals surface area contributed by atoms with Gasteiger partial charge in [0.2, 0.25) is 0 Å². The first-order valence-corrected chi connectivity index (χ1v) is 7.36. The molecule has 0 saturated carbocycles. The fraction of sp³-hybridized carbons (Fsp3) is 0.118. The number of benzene rings is 2. The molecule has 0 bridgehead atoms. The SMILES string of the molecule is OC(Cc1ccc(Cl)cc1Cl)c1ccnc2ccccc12. The lowest BCUT2D eigenvalue weighted by atomic mass is 9.98. The van der Waals surface area contributed by atoms with Gasteiger partial charge in [-0.25, -0.2) is 0 Å². The summed E-state index contributed by atoms with van der Waals surface area (Å²) in [6.07, 6.45) is 1.51. The van der Waals surface area contributed by atoms with Crippen LogP contribution in [0.25, 0.3) is 10.9 Å². The van der Waals surface area contributed by atoms with E-state index < -0.39 is 6.10 Å². The summed E-state index contributed by atoms with van der Waals surface area (Å²) in [5, 5.41) is 12.7. The molecule has 4 heteroatoms. The van der Waals surface area contributed by atoms with Crippen LogP contribution in [0.15, 0.2) is 54.7 Å². The number of halogens is 2. The minimum Gasteiger partial charge on any atom is -0.388 e. The number of nitrogens with zero attached hydrogens (tertiary/aromatic N) is 1. The van der Waals surface area contributed by atoms with Crippen LogP contribution < -0.4 is 0 Å². The Bertz CT molecular complexity index is 783. The van der Waals surface area contributed by atoms with Crippen molar-refractivity contribution in [2.24, 2.45) is 0 Å². The van der Waals surface area contributed by atoms with Gasteiger partial charge in [0, 0.05) is 28.0 Å². The molecular weight excluding hydrogens is 305 g/mol. The molecule has 3 rings (SSSR count). The van der Waals surface area contributed by atoms with E-state index >= 15 is 0 Å². The van der Waals surface area contributed by atoms with E-state index in [1.54, 1.807) is 18.3 Å². The van der Waals surface area contributed by atoms with Crippen LogP contribution in [0.3, 0.4) is 0 Å². The molecule has 21 heavy (non-hydrogen) atoms. The first-order valence-electron chi connectivity index (χ1n) is 6.61. The number of aromatic nitrogens is 1. The van der Waals surface area contributed by atoms with E-state index in [0.29, 0.717) is 16.5 Å². The second kappa shape index (κ2) is 6.02. The molecule has 1 N–H and O–H groups in total. The van der Waals surface area contributed by atoms with Gasteiger partial charge in [0.05, 0.1) is 11.6 Å². The molecule has 0 amide bonds. The molecule has 0 fully saturated rings. The summed E-state index contributed by atoms with van der Waals surface area (Å²) in [6, 6.07) is 14.9. The summed E-state index contributed by atoms with van der Waals surface area (Å²) in [7, 11) is 0. The summed E-state index contributed by atoms with van der Waals surface area (Å²) in [4.78, 5) is 4.31. The number of para-hydroxylation sites is 1. The topological polar surface area (TPSA) is 33.1 Å². The molecule has 0 aliphatic rings. The maximum atomic E-state index is 10.5. The third kappa shape index (κ3) is 3.03. The minimum absolute atomic E-state index is 0.435. The van der Waals surface area contributed by atoms with Crippen LogP contribution in [0.2, 0.25) is 10.0 Å². The van der Waals surface area contributed by atoms with Crippen molar-refractivity contribution in [3.8, 4) is 0 Å². The Labute approximate surface area is 133 Å². The van der Waals surface area contributed by atoms with E-state index in [4.69, 9.17) is 23.2 Å². The van der Waals surface area contributed by atoms with Gasteiger partial charge in [-0.15, -0.1) is 0 Å². The third-order valence-corrected chi connectivity index (χ3v) is 4.06. The highest BCUT2D eigenvalue weighted by Crippen LogP contribution is 2.29. The van der Waals surface area contributed by atoms with Crippen LogP contribution in [-0.2, 0) is 6.42 Å². The normalized spacial score (nSPS) is 12.5.